The zero-order valence-corrected chi connectivity index (χ0v) is 16.1. The number of unbranched alkanes of at least 4 members (excludes halogenated alkanes) is 1. The number of hydrogen-bond donors (Lipinski definition) is 1. The molecule has 0 fully saturated rings. The van der Waals surface area contributed by atoms with Crippen LogP contribution in [0.5, 0.6) is 5.75 Å². The summed E-state index contributed by atoms with van der Waals surface area (Å²) in [7, 11) is 0. The molecule has 1 aliphatic rings. The molecule has 1 aliphatic heterocycles. The van der Waals surface area contributed by atoms with Gasteiger partial charge in [-0.25, -0.2) is 0 Å². The largest absolute Gasteiger partial charge is 0.482 e. The molecule has 142 valence electrons. The van der Waals surface area contributed by atoms with Gasteiger partial charge in [0, 0.05) is 24.3 Å². The minimum Gasteiger partial charge on any atom is -0.482 e. The molecule has 2 aromatic rings. The standard InChI is InChI=1S/C21H23ClN2O3/c1-2-3-12-24-18-10-9-16(13-15(18)8-11-21(24)26)23-20(25)14-27-19-7-5-4-6-17(19)22/h4-7,9-10,13H,2-3,8,11-12,14H2,1H3,(H,23,25). The van der Waals surface area contributed by atoms with Crippen LogP contribution in [0.1, 0.15) is 31.7 Å². The summed E-state index contributed by atoms with van der Waals surface area (Å²) >= 11 is 6.02. The highest BCUT2D eigenvalue weighted by Crippen LogP contribution is 2.30. The summed E-state index contributed by atoms with van der Waals surface area (Å²) in [4.78, 5) is 26.2. The molecular weight excluding hydrogens is 364 g/mol. The zero-order valence-electron chi connectivity index (χ0n) is 15.3. The van der Waals surface area contributed by atoms with Crippen molar-refractivity contribution < 1.29 is 14.3 Å². The van der Waals surface area contributed by atoms with Gasteiger partial charge in [0.1, 0.15) is 5.75 Å². The summed E-state index contributed by atoms with van der Waals surface area (Å²) < 4.78 is 5.46. The van der Waals surface area contributed by atoms with Crippen molar-refractivity contribution in [2.45, 2.75) is 32.6 Å². The Kier molecular flexibility index (Phi) is 6.35. The Morgan fingerprint density at radius 3 is 2.81 bits per heavy atom. The number of halogens is 1. The highest BCUT2D eigenvalue weighted by Gasteiger charge is 2.23. The Morgan fingerprint density at radius 1 is 1.22 bits per heavy atom. The van der Waals surface area contributed by atoms with E-state index >= 15 is 0 Å². The van der Waals surface area contributed by atoms with Crippen molar-refractivity contribution in [3.05, 3.63) is 53.1 Å². The average Bonchev–Trinajstić information content (AvgIpc) is 2.67. The third kappa shape index (κ3) is 4.80. The molecule has 1 heterocycles. The summed E-state index contributed by atoms with van der Waals surface area (Å²) in [6, 6.07) is 12.7. The molecule has 3 rings (SSSR count). The van der Waals surface area contributed by atoms with E-state index in [0.717, 1.165) is 30.6 Å². The quantitative estimate of drug-likeness (QED) is 0.765. The van der Waals surface area contributed by atoms with Crippen LogP contribution in [0.3, 0.4) is 0 Å². The predicted molar refractivity (Wildman–Crippen MR) is 108 cm³/mol. The predicted octanol–water partition coefficient (Wildman–Crippen LogP) is 4.44. The maximum atomic E-state index is 12.2. The van der Waals surface area contributed by atoms with Crippen molar-refractivity contribution >= 4 is 34.8 Å². The van der Waals surface area contributed by atoms with Crippen molar-refractivity contribution in [3.8, 4) is 5.75 Å². The van der Waals surface area contributed by atoms with E-state index in [0.29, 0.717) is 29.3 Å². The van der Waals surface area contributed by atoms with Crippen LogP contribution in [0.15, 0.2) is 42.5 Å². The molecule has 0 atom stereocenters. The Bertz CT molecular complexity index is 838. The Hall–Kier alpha value is -2.53. The number of aryl methyl sites for hydroxylation is 1. The second-order valence-corrected chi connectivity index (χ2v) is 6.92. The number of amides is 2. The number of ether oxygens (including phenoxy) is 1. The molecule has 0 aromatic heterocycles. The number of fused-ring (bicyclic) bond motifs is 1. The minimum atomic E-state index is -0.260. The van der Waals surface area contributed by atoms with E-state index in [2.05, 4.69) is 12.2 Å². The topological polar surface area (TPSA) is 58.6 Å². The number of benzene rings is 2. The molecule has 0 unspecified atom stereocenters. The van der Waals surface area contributed by atoms with Gasteiger partial charge in [-0.2, -0.15) is 0 Å². The molecule has 0 aliphatic carbocycles. The van der Waals surface area contributed by atoms with Crippen molar-refractivity contribution in [1.29, 1.82) is 0 Å². The van der Waals surface area contributed by atoms with Crippen molar-refractivity contribution in [2.75, 3.05) is 23.4 Å². The van der Waals surface area contributed by atoms with E-state index in [1.54, 1.807) is 24.3 Å². The van der Waals surface area contributed by atoms with Gasteiger partial charge in [-0.3, -0.25) is 9.59 Å². The monoisotopic (exact) mass is 386 g/mol. The molecule has 27 heavy (non-hydrogen) atoms. The van der Waals surface area contributed by atoms with Gasteiger partial charge in [0.2, 0.25) is 5.91 Å². The first-order chi connectivity index (χ1) is 13.1. The normalized spacial score (nSPS) is 13.3. The summed E-state index contributed by atoms with van der Waals surface area (Å²) in [6.07, 6.45) is 3.21. The Labute approximate surface area is 164 Å². The molecule has 0 saturated heterocycles. The number of hydrogen-bond acceptors (Lipinski definition) is 3. The van der Waals surface area contributed by atoms with Crippen LogP contribution in [0.25, 0.3) is 0 Å². The Morgan fingerprint density at radius 2 is 2.04 bits per heavy atom. The number of rotatable bonds is 7. The van der Waals surface area contributed by atoms with E-state index in [9.17, 15) is 9.59 Å². The van der Waals surface area contributed by atoms with Gasteiger partial charge in [0.05, 0.1) is 5.02 Å². The van der Waals surface area contributed by atoms with Crippen LogP contribution in [0, 0.1) is 0 Å². The number of carbonyl (C=O) groups excluding carboxylic acids is 2. The fourth-order valence-corrected chi connectivity index (χ4v) is 3.29. The summed E-state index contributed by atoms with van der Waals surface area (Å²) in [6.45, 7) is 2.72. The molecule has 2 aromatic carbocycles. The number of nitrogens with zero attached hydrogens (tertiary/aromatic N) is 1. The molecule has 0 bridgehead atoms. The fraction of sp³-hybridized carbons (Fsp3) is 0.333. The number of anilines is 2. The van der Waals surface area contributed by atoms with Gasteiger partial charge in [-0.1, -0.05) is 37.1 Å². The molecule has 1 N–H and O–H groups in total. The molecule has 6 heteroatoms. The lowest BCUT2D eigenvalue weighted by atomic mass is 10.00. The summed E-state index contributed by atoms with van der Waals surface area (Å²) in [5.74, 6) is 0.385. The van der Waals surface area contributed by atoms with Crippen LogP contribution in [-0.4, -0.2) is 25.0 Å². The number of carbonyl (C=O) groups is 2. The molecule has 5 nitrogen and oxygen atoms in total. The Balaban J connectivity index is 1.64. The third-order valence-corrected chi connectivity index (χ3v) is 4.81. The first-order valence-electron chi connectivity index (χ1n) is 9.19. The van der Waals surface area contributed by atoms with Crippen molar-refractivity contribution in [3.63, 3.8) is 0 Å². The van der Waals surface area contributed by atoms with Gasteiger partial charge in [0.25, 0.3) is 5.91 Å². The van der Waals surface area contributed by atoms with E-state index in [1.165, 1.54) is 0 Å². The van der Waals surface area contributed by atoms with Gasteiger partial charge in [-0.05, 0) is 48.7 Å². The molecule has 2 amide bonds. The maximum absolute atomic E-state index is 12.2. The molecular formula is C21H23ClN2O3. The number of nitrogens with one attached hydrogen (secondary N) is 1. The van der Waals surface area contributed by atoms with E-state index in [-0.39, 0.29) is 18.4 Å². The average molecular weight is 387 g/mol. The first-order valence-corrected chi connectivity index (χ1v) is 9.56. The molecule has 0 radical (unpaired) electrons. The second kappa shape index (κ2) is 8.91. The van der Waals surface area contributed by atoms with Crippen LogP contribution in [0.4, 0.5) is 11.4 Å². The summed E-state index contributed by atoms with van der Waals surface area (Å²) in [5.41, 5.74) is 2.73. The van der Waals surface area contributed by atoms with Crippen molar-refractivity contribution in [1.82, 2.24) is 0 Å². The van der Waals surface area contributed by atoms with E-state index in [1.807, 2.05) is 23.1 Å². The van der Waals surface area contributed by atoms with Gasteiger partial charge in [0.15, 0.2) is 6.61 Å². The van der Waals surface area contributed by atoms with Crippen LogP contribution >= 0.6 is 11.6 Å². The SMILES string of the molecule is CCCCN1C(=O)CCc2cc(NC(=O)COc3ccccc3Cl)ccc21. The highest BCUT2D eigenvalue weighted by molar-refractivity contribution is 6.32. The number of para-hydroxylation sites is 1. The molecule has 0 spiro atoms. The van der Waals surface area contributed by atoms with Gasteiger partial charge >= 0.3 is 0 Å². The first kappa shape index (κ1) is 19.2. The van der Waals surface area contributed by atoms with Gasteiger partial charge in [-0.15, -0.1) is 0 Å². The van der Waals surface area contributed by atoms with Gasteiger partial charge < -0.3 is 15.0 Å². The van der Waals surface area contributed by atoms with Crippen molar-refractivity contribution in [2.24, 2.45) is 0 Å². The highest BCUT2D eigenvalue weighted by atomic mass is 35.5. The van der Waals surface area contributed by atoms with E-state index in [4.69, 9.17) is 16.3 Å². The second-order valence-electron chi connectivity index (χ2n) is 6.51. The lowest BCUT2D eigenvalue weighted by Crippen LogP contribution is -2.35. The maximum Gasteiger partial charge on any atom is 0.262 e. The van der Waals surface area contributed by atoms with Crippen LogP contribution < -0.4 is 15.0 Å². The zero-order chi connectivity index (χ0) is 19.2. The smallest absolute Gasteiger partial charge is 0.262 e. The molecule has 0 saturated carbocycles. The third-order valence-electron chi connectivity index (χ3n) is 4.49. The van der Waals surface area contributed by atoms with Crippen LogP contribution in [-0.2, 0) is 16.0 Å². The lowest BCUT2D eigenvalue weighted by Gasteiger charge is -2.29. The minimum absolute atomic E-state index is 0.123. The van der Waals surface area contributed by atoms with Crippen LogP contribution in [0.2, 0.25) is 5.02 Å². The lowest BCUT2D eigenvalue weighted by molar-refractivity contribution is -0.119. The summed E-state index contributed by atoms with van der Waals surface area (Å²) in [5, 5.41) is 3.31. The van der Waals surface area contributed by atoms with E-state index < -0.39 is 0 Å². The fourth-order valence-electron chi connectivity index (χ4n) is 3.10.